The molecular weight excluding hydrogens is 198 g/mol. The lowest BCUT2D eigenvalue weighted by molar-refractivity contribution is -0.141. The number of esters is 1. The highest BCUT2D eigenvalue weighted by atomic mass is 16.5. The summed E-state index contributed by atoms with van der Waals surface area (Å²) in [7, 11) is 1.76. The Balaban J connectivity index is 1.87. The van der Waals surface area contributed by atoms with Gasteiger partial charge in [-0.3, -0.25) is 4.79 Å². The molecular formula is C9H15N3O3. The molecule has 2 aliphatic heterocycles. The van der Waals surface area contributed by atoms with Gasteiger partial charge in [0.1, 0.15) is 0 Å². The molecule has 2 atom stereocenters. The number of urea groups is 1. The summed E-state index contributed by atoms with van der Waals surface area (Å²) in [5.41, 5.74) is 0. The molecule has 2 heterocycles. The second kappa shape index (κ2) is 4.06. The Morgan fingerprint density at radius 3 is 3.07 bits per heavy atom. The van der Waals surface area contributed by atoms with Crippen LogP contribution in [0.1, 0.15) is 0 Å². The molecule has 6 nitrogen and oxygen atoms in total. The van der Waals surface area contributed by atoms with Crippen molar-refractivity contribution in [2.24, 2.45) is 11.8 Å². The van der Waals surface area contributed by atoms with Crippen LogP contribution in [-0.4, -0.2) is 50.3 Å². The maximum atomic E-state index is 11.6. The number of ether oxygens (including phenoxy) is 1. The lowest BCUT2D eigenvalue weighted by atomic mass is 10.0. The normalized spacial score (nSPS) is 28.9. The monoisotopic (exact) mass is 213 g/mol. The van der Waals surface area contributed by atoms with Gasteiger partial charge in [-0.2, -0.15) is 0 Å². The number of rotatable bonds is 2. The predicted molar refractivity (Wildman–Crippen MR) is 52.0 cm³/mol. The zero-order valence-corrected chi connectivity index (χ0v) is 8.66. The van der Waals surface area contributed by atoms with Gasteiger partial charge in [0.25, 0.3) is 0 Å². The van der Waals surface area contributed by atoms with Crippen molar-refractivity contribution < 1.29 is 14.3 Å². The van der Waals surface area contributed by atoms with E-state index in [0.29, 0.717) is 26.4 Å². The number of nitrogens with one attached hydrogen (secondary N) is 2. The van der Waals surface area contributed by atoms with Crippen molar-refractivity contribution in [1.29, 1.82) is 0 Å². The van der Waals surface area contributed by atoms with Gasteiger partial charge in [0.2, 0.25) is 0 Å². The molecule has 0 aliphatic carbocycles. The summed E-state index contributed by atoms with van der Waals surface area (Å²) in [6.07, 6.45) is 0. The molecule has 0 aromatic carbocycles. The lowest BCUT2D eigenvalue weighted by Gasteiger charge is -2.17. The third kappa shape index (κ3) is 1.90. The topological polar surface area (TPSA) is 70.7 Å². The molecule has 0 aromatic heterocycles. The summed E-state index contributed by atoms with van der Waals surface area (Å²) >= 11 is 0. The average molecular weight is 213 g/mol. The standard InChI is InChI=1S/C9H15N3O3/c1-10-5-11-9(14)12-2-6-4-15-8(13)7(6)3-12/h6-7,10H,2-5H2,1H3,(H,11,14). The molecule has 2 unspecified atom stereocenters. The van der Waals surface area contributed by atoms with Gasteiger partial charge in [0.05, 0.1) is 19.2 Å². The van der Waals surface area contributed by atoms with Gasteiger partial charge < -0.3 is 20.3 Å². The van der Waals surface area contributed by atoms with E-state index in [0.717, 1.165) is 0 Å². The molecule has 2 amide bonds. The van der Waals surface area contributed by atoms with Crippen LogP contribution in [0.25, 0.3) is 0 Å². The minimum Gasteiger partial charge on any atom is -0.465 e. The molecule has 2 aliphatic rings. The van der Waals surface area contributed by atoms with Gasteiger partial charge in [-0.25, -0.2) is 4.79 Å². The van der Waals surface area contributed by atoms with Crippen LogP contribution >= 0.6 is 0 Å². The molecule has 2 N–H and O–H groups in total. The van der Waals surface area contributed by atoms with Gasteiger partial charge in [-0.05, 0) is 7.05 Å². The van der Waals surface area contributed by atoms with Gasteiger partial charge >= 0.3 is 12.0 Å². The highest BCUT2D eigenvalue weighted by Gasteiger charge is 2.45. The van der Waals surface area contributed by atoms with Crippen LogP contribution in [0.4, 0.5) is 4.79 Å². The molecule has 2 saturated heterocycles. The average Bonchev–Trinajstić information content (AvgIpc) is 2.78. The summed E-state index contributed by atoms with van der Waals surface area (Å²) < 4.78 is 4.92. The Morgan fingerprint density at radius 2 is 2.40 bits per heavy atom. The van der Waals surface area contributed by atoms with E-state index in [1.54, 1.807) is 11.9 Å². The first-order valence-electron chi connectivity index (χ1n) is 5.06. The van der Waals surface area contributed by atoms with Crippen LogP contribution in [0.2, 0.25) is 0 Å². The van der Waals surface area contributed by atoms with Crippen molar-refractivity contribution >= 4 is 12.0 Å². The Kier molecular flexibility index (Phi) is 2.77. The first kappa shape index (κ1) is 10.2. The van der Waals surface area contributed by atoms with E-state index in [1.165, 1.54) is 0 Å². The van der Waals surface area contributed by atoms with Gasteiger partial charge in [-0.1, -0.05) is 0 Å². The molecule has 2 rings (SSSR count). The summed E-state index contributed by atoms with van der Waals surface area (Å²) in [6.45, 7) is 2.00. The van der Waals surface area contributed by atoms with Crippen molar-refractivity contribution in [2.45, 2.75) is 0 Å². The Hall–Kier alpha value is -1.30. The number of nitrogens with zero attached hydrogens (tertiary/aromatic N) is 1. The van der Waals surface area contributed by atoms with E-state index in [-0.39, 0.29) is 23.8 Å². The molecule has 6 heteroatoms. The first-order valence-corrected chi connectivity index (χ1v) is 5.06. The predicted octanol–water partition coefficient (Wildman–Crippen LogP) is -1.02. The SMILES string of the molecule is CNCNC(=O)N1CC2COC(=O)C2C1. The maximum Gasteiger partial charge on any atom is 0.318 e. The summed E-state index contributed by atoms with van der Waals surface area (Å²) in [4.78, 5) is 24.5. The number of cyclic esters (lactones) is 1. The van der Waals surface area contributed by atoms with Crippen LogP contribution in [0.5, 0.6) is 0 Å². The van der Waals surface area contributed by atoms with E-state index in [9.17, 15) is 9.59 Å². The van der Waals surface area contributed by atoms with E-state index in [1.807, 2.05) is 0 Å². The Morgan fingerprint density at radius 1 is 1.60 bits per heavy atom. The molecule has 15 heavy (non-hydrogen) atoms. The number of carbonyl (C=O) groups excluding carboxylic acids is 2. The van der Waals surface area contributed by atoms with Crippen LogP contribution in [0.15, 0.2) is 0 Å². The number of hydrogen-bond acceptors (Lipinski definition) is 4. The van der Waals surface area contributed by atoms with Crippen LogP contribution < -0.4 is 10.6 Å². The molecule has 0 saturated carbocycles. The molecule has 0 radical (unpaired) electrons. The lowest BCUT2D eigenvalue weighted by Crippen LogP contribution is -2.42. The van der Waals surface area contributed by atoms with E-state index >= 15 is 0 Å². The van der Waals surface area contributed by atoms with Gasteiger partial charge in [-0.15, -0.1) is 0 Å². The van der Waals surface area contributed by atoms with Crippen molar-refractivity contribution in [3.63, 3.8) is 0 Å². The number of likely N-dealkylation sites (tertiary alicyclic amines) is 1. The van der Waals surface area contributed by atoms with E-state index < -0.39 is 0 Å². The minimum absolute atomic E-state index is 0.106. The van der Waals surface area contributed by atoms with Crippen molar-refractivity contribution in [3.05, 3.63) is 0 Å². The second-order valence-electron chi connectivity index (χ2n) is 3.91. The zero-order chi connectivity index (χ0) is 10.8. The Labute approximate surface area is 87.9 Å². The first-order chi connectivity index (χ1) is 7.22. The largest absolute Gasteiger partial charge is 0.465 e. The summed E-state index contributed by atoms with van der Waals surface area (Å²) in [5.74, 6) is -0.0768. The molecule has 0 aromatic rings. The van der Waals surface area contributed by atoms with Crippen molar-refractivity contribution in [1.82, 2.24) is 15.5 Å². The zero-order valence-electron chi connectivity index (χ0n) is 8.66. The van der Waals surface area contributed by atoms with Crippen LogP contribution in [0, 0.1) is 11.8 Å². The van der Waals surface area contributed by atoms with Crippen molar-refractivity contribution in [3.8, 4) is 0 Å². The fourth-order valence-electron chi connectivity index (χ4n) is 2.05. The minimum atomic E-state index is -0.163. The molecule has 2 fully saturated rings. The number of hydrogen-bond donors (Lipinski definition) is 2. The summed E-state index contributed by atoms with van der Waals surface area (Å²) in [5, 5.41) is 5.53. The van der Waals surface area contributed by atoms with Gasteiger partial charge in [0, 0.05) is 19.0 Å². The highest BCUT2D eigenvalue weighted by molar-refractivity contribution is 5.79. The molecule has 0 spiro atoms. The van der Waals surface area contributed by atoms with Gasteiger partial charge in [0.15, 0.2) is 0 Å². The van der Waals surface area contributed by atoms with E-state index in [4.69, 9.17) is 4.74 Å². The third-order valence-electron chi connectivity index (χ3n) is 2.89. The second-order valence-corrected chi connectivity index (χ2v) is 3.91. The third-order valence-corrected chi connectivity index (χ3v) is 2.89. The Bertz CT molecular complexity index is 282. The molecule has 84 valence electrons. The quantitative estimate of drug-likeness (QED) is 0.455. The fourth-order valence-corrected chi connectivity index (χ4v) is 2.05. The number of amides is 2. The van der Waals surface area contributed by atoms with Crippen LogP contribution in [-0.2, 0) is 9.53 Å². The maximum absolute atomic E-state index is 11.6. The number of carbonyl (C=O) groups is 2. The highest BCUT2D eigenvalue weighted by Crippen LogP contribution is 2.29. The fraction of sp³-hybridized carbons (Fsp3) is 0.778. The smallest absolute Gasteiger partial charge is 0.318 e. The van der Waals surface area contributed by atoms with Crippen LogP contribution in [0.3, 0.4) is 0 Å². The van der Waals surface area contributed by atoms with Crippen molar-refractivity contribution in [2.75, 3.05) is 33.4 Å². The number of fused-ring (bicyclic) bond motifs is 1. The summed E-state index contributed by atoms with van der Waals surface area (Å²) in [6, 6.07) is -0.119. The van der Waals surface area contributed by atoms with E-state index in [2.05, 4.69) is 10.6 Å². The molecule has 0 bridgehead atoms.